The van der Waals surface area contributed by atoms with Gasteiger partial charge in [0.1, 0.15) is 17.5 Å². The number of rotatable bonds is 14. The molecule has 0 saturated carbocycles. The SMILES string of the molecule is COc1ccc(OC)c(CC(=O)N[C@H](C(=O)NC(CC(=O)O)C(=O)CSc2ccc(C)c(C)c2)C(C)C)c1. The summed E-state index contributed by atoms with van der Waals surface area (Å²) in [6, 6.07) is 8.68. The first-order valence-electron chi connectivity index (χ1n) is 12.2. The Bertz CT molecular complexity index is 1170. The van der Waals surface area contributed by atoms with Crippen molar-refractivity contribution in [2.24, 2.45) is 5.92 Å². The highest BCUT2D eigenvalue weighted by Crippen LogP contribution is 2.25. The first-order chi connectivity index (χ1) is 17.9. The third-order valence-corrected chi connectivity index (χ3v) is 7.06. The van der Waals surface area contributed by atoms with Crippen LogP contribution in [0.4, 0.5) is 0 Å². The molecule has 9 nitrogen and oxygen atoms in total. The largest absolute Gasteiger partial charge is 0.497 e. The van der Waals surface area contributed by atoms with Crippen molar-refractivity contribution >= 4 is 35.3 Å². The van der Waals surface area contributed by atoms with E-state index in [2.05, 4.69) is 10.6 Å². The number of carbonyl (C=O) groups is 4. The zero-order valence-corrected chi connectivity index (χ0v) is 23.4. The van der Waals surface area contributed by atoms with Crippen molar-refractivity contribution in [2.45, 2.75) is 57.5 Å². The topological polar surface area (TPSA) is 131 Å². The van der Waals surface area contributed by atoms with Gasteiger partial charge in [-0.3, -0.25) is 19.2 Å². The number of aryl methyl sites for hydroxylation is 2. The molecule has 0 aliphatic carbocycles. The molecule has 10 heteroatoms. The van der Waals surface area contributed by atoms with Crippen molar-refractivity contribution in [3.8, 4) is 11.5 Å². The molecule has 0 aliphatic rings. The van der Waals surface area contributed by atoms with E-state index < -0.39 is 42.1 Å². The van der Waals surface area contributed by atoms with Gasteiger partial charge in [-0.2, -0.15) is 0 Å². The molecule has 2 aromatic rings. The highest BCUT2D eigenvalue weighted by molar-refractivity contribution is 8.00. The van der Waals surface area contributed by atoms with Gasteiger partial charge in [0.2, 0.25) is 11.8 Å². The Morgan fingerprint density at radius 2 is 1.66 bits per heavy atom. The maximum Gasteiger partial charge on any atom is 0.305 e. The summed E-state index contributed by atoms with van der Waals surface area (Å²) in [7, 11) is 3.01. The summed E-state index contributed by atoms with van der Waals surface area (Å²) in [5.41, 5.74) is 2.79. The van der Waals surface area contributed by atoms with Crippen LogP contribution in [0.1, 0.15) is 37.0 Å². The Hall–Kier alpha value is -3.53. The highest BCUT2D eigenvalue weighted by Gasteiger charge is 2.30. The van der Waals surface area contributed by atoms with Crippen molar-refractivity contribution in [3.63, 3.8) is 0 Å². The summed E-state index contributed by atoms with van der Waals surface area (Å²) >= 11 is 1.28. The van der Waals surface area contributed by atoms with E-state index in [1.54, 1.807) is 32.0 Å². The number of carboxylic acid groups (broad SMARTS) is 1. The third kappa shape index (κ3) is 9.09. The van der Waals surface area contributed by atoms with Gasteiger partial charge in [0.05, 0.1) is 38.9 Å². The van der Waals surface area contributed by atoms with E-state index in [1.807, 2.05) is 32.0 Å². The quantitative estimate of drug-likeness (QED) is 0.309. The Labute approximate surface area is 227 Å². The third-order valence-electron chi connectivity index (χ3n) is 6.05. The normalized spacial score (nSPS) is 12.4. The summed E-state index contributed by atoms with van der Waals surface area (Å²) in [6.45, 7) is 7.46. The number of Topliss-reactive ketones (excluding diaryl/α,β-unsaturated/α-hetero) is 1. The first kappa shape index (κ1) is 30.7. The van der Waals surface area contributed by atoms with Crippen LogP contribution in [0, 0.1) is 19.8 Å². The molecule has 3 N–H and O–H groups in total. The molecule has 0 heterocycles. The fraction of sp³-hybridized carbons (Fsp3) is 0.429. The molecule has 0 aromatic heterocycles. The molecule has 0 radical (unpaired) electrons. The molecule has 38 heavy (non-hydrogen) atoms. The number of hydrogen-bond donors (Lipinski definition) is 3. The molecule has 2 amide bonds. The fourth-order valence-corrected chi connectivity index (χ4v) is 4.63. The lowest BCUT2D eigenvalue weighted by Crippen LogP contribution is -2.54. The minimum Gasteiger partial charge on any atom is -0.497 e. The number of benzene rings is 2. The average molecular weight is 545 g/mol. The lowest BCUT2D eigenvalue weighted by Gasteiger charge is -2.25. The second-order valence-electron chi connectivity index (χ2n) is 9.30. The first-order valence-corrected chi connectivity index (χ1v) is 13.2. The van der Waals surface area contributed by atoms with Crippen LogP contribution in [-0.2, 0) is 25.6 Å². The number of hydrogen-bond acceptors (Lipinski definition) is 7. The maximum atomic E-state index is 13.1. The molecule has 2 rings (SSSR count). The van der Waals surface area contributed by atoms with Crippen molar-refractivity contribution in [1.29, 1.82) is 0 Å². The second-order valence-corrected chi connectivity index (χ2v) is 10.4. The summed E-state index contributed by atoms with van der Waals surface area (Å²) in [6.07, 6.45) is -0.626. The van der Waals surface area contributed by atoms with E-state index in [9.17, 15) is 24.3 Å². The zero-order chi connectivity index (χ0) is 28.4. The second kappa shape index (κ2) is 14.4. The summed E-state index contributed by atoms with van der Waals surface area (Å²) in [5.74, 6) is -1.96. The number of carboxylic acids is 1. The van der Waals surface area contributed by atoms with Crippen molar-refractivity contribution in [1.82, 2.24) is 10.6 Å². The summed E-state index contributed by atoms with van der Waals surface area (Å²) in [5, 5.41) is 14.6. The van der Waals surface area contributed by atoms with Crippen LogP contribution in [0.5, 0.6) is 11.5 Å². The average Bonchev–Trinajstić information content (AvgIpc) is 2.86. The predicted molar refractivity (Wildman–Crippen MR) is 146 cm³/mol. The summed E-state index contributed by atoms with van der Waals surface area (Å²) in [4.78, 5) is 51.2. The van der Waals surface area contributed by atoms with Gasteiger partial charge < -0.3 is 25.2 Å². The predicted octanol–water partition coefficient (Wildman–Crippen LogP) is 3.32. The van der Waals surface area contributed by atoms with Crippen molar-refractivity contribution in [3.05, 3.63) is 53.1 Å². The molecule has 0 bridgehead atoms. The molecule has 2 atom stereocenters. The minimum atomic E-state index is -1.23. The lowest BCUT2D eigenvalue weighted by atomic mass is 10.0. The number of aliphatic carboxylic acids is 1. The maximum absolute atomic E-state index is 13.1. The zero-order valence-electron chi connectivity index (χ0n) is 22.6. The van der Waals surface area contributed by atoms with Gasteiger partial charge in [-0.1, -0.05) is 19.9 Å². The number of nitrogens with one attached hydrogen (secondary N) is 2. The molecule has 206 valence electrons. The Kier molecular flexibility index (Phi) is 11.6. The van der Waals surface area contributed by atoms with Crippen LogP contribution in [0.3, 0.4) is 0 Å². The number of ether oxygens (including phenoxy) is 2. The molecular formula is C28H36N2O7S. The van der Waals surface area contributed by atoms with Gasteiger partial charge in [0.25, 0.3) is 0 Å². The van der Waals surface area contributed by atoms with Crippen molar-refractivity contribution in [2.75, 3.05) is 20.0 Å². The molecule has 0 saturated heterocycles. The van der Waals surface area contributed by atoms with E-state index in [0.717, 1.165) is 16.0 Å². The van der Waals surface area contributed by atoms with Gasteiger partial charge in [-0.05, 0) is 61.2 Å². The van der Waals surface area contributed by atoms with E-state index in [0.29, 0.717) is 17.1 Å². The number of amides is 2. The highest BCUT2D eigenvalue weighted by atomic mass is 32.2. The smallest absolute Gasteiger partial charge is 0.305 e. The van der Waals surface area contributed by atoms with Crippen LogP contribution in [0.2, 0.25) is 0 Å². The minimum absolute atomic E-state index is 0.00489. The van der Waals surface area contributed by atoms with Crippen LogP contribution >= 0.6 is 11.8 Å². The number of ketones is 1. The number of thioether (sulfide) groups is 1. The van der Waals surface area contributed by atoms with E-state index in [-0.39, 0.29) is 18.1 Å². The molecular weight excluding hydrogens is 508 g/mol. The van der Waals surface area contributed by atoms with Gasteiger partial charge >= 0.3 is 5.97 Å². The van der Waals surface area contributed by atoms with Crippen LogP contribution in [0.15, 0.2) is 41.3 Å². The Morgan fingerprint density at radius 3 is 2.24 bits per heavy atom. The van der Waals surface area contributed by atoms with E-state index in [4.69, 9.17) is 9.47 Å². The number of carbonyl (C=O) groups excluding carboxylic acids is 3. The van der Waals surface area contributed by atoms with Crippen LogP contribution < -0.4 is 20.1 Å². The molecule has 1 unspecified atom stereocenters. The lowest BCUT2D eigenvalue weighted by molar-refractivity contribution is -0.140. The molecule has 0 aliphatic heterocycles. The van der Waals surface area contributed by atoms with Crippen LogP contribution in [-0.4, -0.2) is 60.7 Å². The molecule has 0 spiro atoms. The molecule has 0 fully saturated rings. The van der Waals surface area contributed by atoms with Crippen molar-refractivity contribution < 1.29 is 33.8 Å². The number of methoxy groups -OCH3 is 2. The monoisotopic (exact) mass is 544 g/mol. The molecule has 2 aromatic carbocycles. The van der Waals surface area contributed by atoms with Crippen LogP contribution in [0.25, 0.3) is 0 Å². The van der Waals surface area contributed by atoms with E-state index in [1.165, 1.54) is 26.0 Å². The fourth-order valence-electron chi connectivity index (χ4n) is 3.69. The van der Waals surface area contributed by atoms with Gasteiger partial charge in [0.15, 0.2) is 5.78 Å². The van der Waals surface area contributed by atoms with E-state index >= 15 is 0 Å². The summed E-state index contributed by atoms with van der Waals surface area (Å²) < 4.78 is 10.5. The Morgan fingerprint density at radius 1 is 0.947 bits per heavy atom. The standard InChI is InChI=1S/C28H36N2O7S/c1-16(2)27(30-25(32)13-19-12-20(36-5)8-10-24(19)37-6)28(35)29-22(14-26(33)34)23(31)15-38-21-9-7-17(3)18(4)11-21/h7-12,16,22,27H,13-15H2,1-6H3,(H,29,35)(H,30,32)(H,33,34)/t22?,27-/m0/s1. The van der Waals surface area contributed by atoms with Gasteiger partial charge in [-0.25, -0.2) is 0 Å². The van der Waals surface area contributed by atoms with Gasteiger partial charge in [0, 0.05) is 10.5 Å². The van der Waals surface area contributed by atoms with Gasteiger partial charge in [-0.15, -0.1) is 11.8 Å². The Balaban J connectivity index is 2.10.